The summed E-state index contributed by atoms with van der Waals surface area (Å²) in [5.74, 6) is 1.12. The number of carbonyl (C=O) groups excluding carboxylic acids is 1. The molecule has 1 aliphatic carbocycles. The number of nitrogens with zero attached hydrogens (tertiary/aromatic N) is 3. The van der Waals surface area contributed by atoms with E-state index < -0.39 is 0 Å². The fraction of sp³-hybridized carbons (Fsp3) is 0.762. The maximum Gasteiger partial charge on any atom is 0.219 e. The van der Waals surface area contributed by atoms with Crippen LogP contribution in [0.25, 0.3) is 0 Å². The van der Waals surface area contributed by atoms with Crippen LogP contribution in [0.15, 0.2) is 6.20 Å². The molecule has 0 bridgehead atoms. The van der Waals surface area contributed by atoms with Crippen LogP contribution < -0.4 is 5.32 Å². The van der Waals surface area contributed by atoms with Gasteiger partial charge in [-0.2, -0.15) is 0 Å². The average Bonchev–Trinajstić information content (AvgIpc) is 2.53. The number of hydrogen-bond donors (Lipinski definition) is 1. The van der Waals surface area contributed by atoms with Crippen LogP contribution in [0, 0.1) is 5.41 Å². The van der Waals surface area contributed by atoms with E-state index in [2.05, 4.69) is 51.1 Å². The lowest BCUT2D eigenvalue weighted by Crippen LogP contribution is -2.46. The van der Waals surface area contributed by atoms with Crippen molar-refractivity contribution < 1.29 is 4.79 Å². The molecule has 5 nitrogen and oxygen atoms in total. The molecule has 5 heteroatoms. The first-order valence-corrected chi connectivity index (χ1v) is 9.93. The van der Waals surface area contributed by atoms with E-state index in [0.717, 1.165) is 44.6 Å². The Labute approximate surface area is 158 Å². The number of fused-ring (bicyclic) bond motifs is 1. The number of hydrogen-bond acceptors (Lipinski definition) is 4. The Morgan fingerprint density at radius 3 is 2.50 bits per heavy atom. The molecule has 1 aromatic heterocycles. The fourth-order valence-corrected chi connectivity index (χ4v) is 4.20. The van der Waals surface area contributed by atoms with Crippen molar-refractivity contribution in [2.75, 3.05) is 13.1 Å². The highest BCUT2D eigenvalue weighted by Gasteiger charge is 2.36. The van der Waals surface area contributed by atoms with Gasteiger partial charge < -0.3 is 10.2 Å². The zero-order chi connectivity index (χ0) is 19.1. The Kier molecular flexibility index (Phi) is 5.13. The zero-order valence-corrected chi connectivity index (χ0v) is 17.2. The predicted octanol–water partition coefficient (Wildman–Crippen LogP) is 3.39. The number of aromatic nitrogens is 2. The number of likely N-dealkylation sites (tertiary alicyclic amines) is 1. The second-order valence-corrected chi connectivity index (χ2v) is 9.89. The first kappa shape index (κ1) is 19.3. The highest BCUT2D eigenvalue weighted by Crippen LogP contribution is 2.40. The number of rotatable bonds is 2. The number of amides is 1. The molecule has 1 fully saturated rings. The summed E-state index contributed by atoms with van der Waals surface area (Å²) in [6.45, 7) is 14.6. The van der Waals surface area contributed by atoms with E-state index in [4.69, 9.17) is 4.98 Å². The molecule has 1 atom stereocenters. The third-order valence-corrected chi connectivity index (χ3v) is 5.73. The molecule has 2 heterocycles. The lowest BCUT2D eigenvalue weighted by Gasteiger charge is -2.40. The van der Waals surface area contributed by atoms with Crippen LogP contribution in [0.1, 0.15) is 83.9 Å². The van der Waals surface area contributed by atoms with Crippen molar-refractivity contribution in [2.45, 2.75) is 84.7 Å². The lowest BCUT2D eigenvalue weighted by atomic mass is 9.73. The number of nitrogens with one attached hydrogen (secondary N) is 1. The summed E-state index contributed by atoms with van der Waals surface area (Å²) in [5.41, 5.74) is 2.68. The van der Waals surface area contributed by atoms with Crippen molar-refractivity contribution in [1.82, 2.24) is 20.2 Å². The molecule has 0 spiro atoms. The zero-order valence-electron chi connectivity index (χ0n) is 17.2. The quantitative estimate of drug-likeness (QED) is 0.880. The van der Waals surface area contributed by atoms with E-state index >= 15 is 0 Å². The molecule has 3 rings (SSSR count). The molecule has 1 saturated heterocycles. The first-order chi connectivity index (χ1) is 12.0. The van der Waals surface area contributed by atoms with E-state index in [1.54, 1.807) is 6.92 Å². The smallest absolute Gasteiger partial charge is 0.219 e. The lowest BCUT2D eigenvalue weighted by molar-refractivity contribution is -0.129. The summed E-state index contributed by atoms with van der Waals surface area (Å²) < 4.78 is 0. The Hall–Kier alpha value is -1.49. The van der Waals surface area contributed by atoms with Gasteiger partial charge >= 0.3 is 0 Å². The van der Waals surface area contributed by atoms with Gasteiger partial charge in [0.25, 0.3) is 0 Å². The van der Waals surface area contributed by atoms with Gasteiger partial charge in [-0.05, 0) is 31.1 Å². The fourth-order valence-electron chi connectivity index (χ4n) is 4.20. The molecule has 144 valence electrons. The van der Waals surface area contributed by atoms with Crippen molar-refractivity contribution in [3.63, 3.8) is 0 Å². The minimum Gasteiger partial charge on any atom is -0.343 e. The average molecular weight is 359 g/mol. The van der Waals surface area contributed by atoms with Crippen LogP contribution in [-0.4, -0.2) is 39.9 Å². The standard InChI is InChI=1S/C21H34N4O/c1-14(26)25-9-7-15(8-10-25)23-17-11-21(5,6)12-18-16(17)13-22-19(24-18)20(2,3)4/h13,15,17,23H,7-12H2,1-6H3/t17-/m1/s1. The molecule has 0 radical (unpaired) electrons. The van der Waals surface area contributed by atoms with Crippen LogP contribution in [-0.2, 0) is 16.6 Å². The third-order valence-electron chi connectivity index (χ3n) is 5.73. The van der Waals surface area contributed by atoms with Gasteiger partial charge in [-0.3, -0.25) is 4.79 Å². The van der Waals surface area contributed by atoms with Crippen LogP contribution in [0.5, 0.6) is 0 Å². The molecule has 26 heavy (non-hydrogen) atoms. The molecular weight excluding hydrogens is 324 g/mol. The predicted molar refractivity (Wildman–Crippen MR) is 104 cm³/mol. The minimum atomic E-state index is -0.0287. The van der Waals surface area contributed by atoms with Crippen molar-refractivity contribution in [3.05, 3.63) is 23.3 Å². The van der Waals surface area contributed by atoms with E-state index in [-0.39, 0.29) is 16.7 Å². The van der Waals surface area contributed by atoms with E-state index in [1.807, 2.05) is 4.90 Å². The first-order valence-electron chi connectivity index (χ1n) is 9.93. The molecule has 1 amide bonds. The maximum absolute atomic E-state index is 11.5. The molecule has 0 aromatic carbocycles. The summed E-state index contributed by atoms with van der Waals surface area (Å²) in [5, 5.41) is 3.87. The van der Waals surface area contributed by atoms with Gasteiger partial charge in [0.05, 0.1) is 0 Å². The monoisotopic (exact) mass is 358 g/mol. The summed E-state index contributed by atoms with van der Waals surface area (Å²) in [7, 11) is 0. The molecule has 1 N–H and O–H groups in total. The highest BCUT2D eigenvalue weighted by molar-refractivity contribution is 5.73. The number of piperidine rings is 1. The Balaban J connectivity index is 1.78. The Bertz CT molecular complexity index is 669. The topological polar surface area (TPSA) is 58.1 Å². The summed E-state index contributed by atoms with van der Waals surface area (Å²) >= 11 is 0. The van der Waals surface area contributed by atoms with Gasteiger partial charge in [0.15, 0.2) is 0 Å². The van der Waals surface area contributed by atoms with Crippen LogP contribution in [0.3, 0.4) is 0 Å². The Morgan fingerprint density at radius 2 is 1.92 bits per heavy atom. The highest BCUT2D eigenvalue weighted by atomic mass is 16.2. The molecule has 1 aliphatic heterocycles. The molecule has 2 aliphatic rings. The van der Waals surface area contributed by atoms with Crippen molar-refractivity contribution in [2.24, 2.45) is 5.41 Å². The normalized spacial score (nSPS) is 23.6. The van der Waals surface area contributed by atoms with Crippen LogP contribution in [0.2, 0.25) is 0 Å². The van der Waals surface area contributed by atoms with Crippen molar-refractivity contribution in [3.8, 4) is 0 Å². The minimum absolute atomic E-state index is 0.0287. The van der Waals surface area contributed by atoms with Crippen LogP contribution in [0.4, 0.5) is 0 Å². The molecule has 0 saturated carbocycles. The SMILES string of the molecule is CC(=O)N1CCC(N[C@@H]2CC(C)(C)Cc3nc(C(C)(C)C)ncc32)CC1. The van der Waals surface area contributed by atoms with Gasteiger partial charge in [-0.15, -0.1) is 0 Å². The van der Waals surface area contributed by atoms with E-state index in [9.17, 15) is 4.79 Å². The molecule has 0 unspecified atom stereocenters. The van der Waals surface area contributed by atoms with Crippen molar-refractivity contribution in [1.29, 1.82) is 0 Å². The second kappa shape index (κ2) is 6.91. The summed E-state index contributed by atoms with van der Waals surface area (Å²) in [6.07, 6.45) is 6.21. The van der Waals surface area contributed by atoms with Gasteiger partial charge in [0.1, 0.15) is 5.82 Å². The summed E-state index contributed by atoms with van der Waals surface area (Å²) in [4.78, 5) is 23.1. The van der Waals surface area contributed by atoms with E-state index in [1.165, 1.54) is 11.3 Å². The number of carbonyl (C=O) groups is 1. The second-order valence-electron chi connectivity index (χ2n) is 9.89. The van der Waals surface area contributed by atoms with Gasteiger partial charge in [0, 0.05) is 55.0 Å². The van der Waals surface area contributed by atoms with Crippen molar-refractivity contribution >= 4 is 5.91 Å². The van der Waals surface area contributed by atoms with E-state index in [0.29, 0.717) is 12.1 Å². The summed E-state index contributed by atoms with van der Waals surface area (Å²) in [6, 6.07) is 0.760. The van der Waals surface area contributed by atoms with Crippen LogP contribution >= 0.6 is 0 Å². The van der Waals surface area contributed by atoms with Gasteiger partial charge in [0.2, 0.25) is 5.91 Å². The third kappa shape index (κ3) is 4.25. The molecular formula is C21H34N4O. The maximum atomic E-state index is 11.5. The van der Waals surface area contributed by atoms with Gasteiger partial charge in [-0.25, -0.2) is 9.97 Å². The van der Waals surface area contributed by atoms with Gasteiger partial charge in [-0.1, -0.05) is 34.6 Å². The largest absolute Gasteiger partial charge is 0.343 e. The molecule has 1 aromatic rings. The Morgan fingerprint density at radius 1 is 1.27 bits per heavy atom.